The van der Waals surface area contributed by atoms with Crippen molar-refractivity contribution in [1.29, 1.82) is 0 Å². The molecule has 1 amide bonds. The average Bonchev–Trinajstić information content (AvgIpc) is 2.27. The van der Waals surface area contributed by atoms with Crippen molar-refractivity contribution in [2.24, 2.45) is 0 Å². The van der Waals surface area contributed by atoms with Crippen molar-refractivity contribution in [2.45, 2.75) is 19.9 Å². The largest absolute Gasteiger partial charge is 0.377 e. The van der Waals surface area contributed by atoms with E-state index in [9.17, 15) is 18.4 Å². The molecule has 19 heavy (non-hydrogen) atoms. The van der Waals surface area contributed by atoms with Crippen LogP contribution in [-0.2, 0) is 20.9 Å². The highest BCUT2D eigenvalue weighted by Crippen LogP contribution is 2.14. The lowest BCUT2D eigenvalue weighted by molar-refractivity contribution is -0.130. The fourth-order valence-electron chi connectivity index (χ4n) is 1.54. The smallest absolute Gasteiger partial charge is 0.227 e. The summed E-state index contributed by atoms with van der Waals surface area (Å²) in [5, 5.41) is 2.29. The van der Waals surface area contributed by atoms with Gasteiger partial charge in [0.25, 0.3) is 0 Å². The van der Waals surface area contributed by atoms with Gasteiger partial charge >= 0.3 is 0 Å². The predicted octanol–water partition coefficient (Wildman–Crippen LogP) is 1.50. The molecule has 0 fully saturated rings. The van der Waals surface area contributed by atoms with Crippen molar-refractivity contribution in [2.75, 3.05) is 13.7 Å². The summed E-state index contributed by atoms with van der Waals surface area (Å²) in [7, 11) is 1.34. The van der Waals surface area contributed by atoms with Crippen LogP contribution in [0.1, 0.15) is 17.5 Å². The zero-order chi connectivity index (χ0) is 14.4. The Morgan fingerprint density at radius 3 is 2.37 bits per heavy atom. The minimum atomic E-state index is -0.721. The molecule has 0 atom stereocenters. The number of amides is 1. The third-order valence-electron chi connectivity index (χ3n) is 2.41. The molecule has 0 aromatic heterocycles. The SMILES string of the molecule is COCC(=O)CC(=O)NCc1c(F)cc(C)cc1F. The Morgan fingerprint density at radius 1 is 1.26 bits per heavy atom. The summed E-state index contributed by atoms with van der Waals surface area (Å²) in [6.07, 6.45) is -0.372. The molecule has 0 unspecified atom stereocenters. The zero-order valence-corrected chi connectivity index (χ0v) is 10.8. The molecule has 0 radical (unpaired) electrons. The second-order valence-electron chi connectivity index (χ2n) is 4.13. The lowest BCUT2D eigenvalue weighted by atomic mass is 10.1. The third-order valence-corrected chi connectivity index (χ3v) is 2.41. The van der Waals surface area contributed by atoms with Crippen LogP contribution in [0.5, 0.6) is 0 Å². The van der Waals surface area contributed by atoms with Crippen LogP contribution in [0.4, 0.5) is 8.78 Å². The Labute approximate surface area is 109 Å². The van der Waals surface area contributed by atoms with E-state index in [0.29, 0.717) is 5.56 Å². The number of halogens is 2. The molecule has 1 N–H and O–H groups in total. The van der Waals surface area contributed by atoms with Gasteiger partial charge in [0.2, 0.25) is 5.91 Å². The maximum atomic E-state index is 13.5. The van der Waals surface area contributed by atoms with Crippen LogP contribution < -0.4 is 5.32 Å². The van der Waals surface area contributed by atoms with Gasteiger partial charge in [-0.05, 0) is 24.6 Å². The maximum Gasteiger partial charge on any atom is 0.227 e. The minimum absolute atomic E-state index is 0.166. The van der Waals surface area contributed by atoms with Gasteiger partial charge in [-0.25, -0.2) is 8.78 Å². The van der Waals surface area contributed by atoms with Gasteiger partial charge in [0.15, 0.2) is 5.78 Å². The van der Waals surface area contributed by atoms with Crippen LogP contribution in [0.2, 0.25) is 0 Å². The van der Waals surface area contributed by atoms with Crippen molar-refractivity contribution in [1.82, 2.24) is 5.32 Å². The van der Waals surface area contributed by atoms with E-state index in [1.54, 1.807) is 6.92 Å². The molecule has 1 aromatic rings. The van der Waals surface area contributed by atoms with E-state index >= 15 is 0 Å². The highest BCUT2D eigenvalue weighted by molar-refractivity contribution is 5.98. The monoisotopic (exact) mass is 271 g/mol. The van der Waals surface area contributed by atoms with Crippen molar-refractivity contribution < 1.29 is 23.1 Å². The molecule has 0 heterocycles. The second-order valence-corrected chi connectivity index (χ2v) is 4.13. The number of rotatable bonds is 6. The number of aryl methyl sites for hydroxylation is 1. The first-order valence-corrected chi connectivity index (χ1v) is 5.66. The number of benzene rings is 1. The summed E-state index contributed by atoms with van der Waals surface area (Å²) in [6.45, 7) is 1.11. The standard InChI is InChI=1S/C13H15F2NO3/c1-8-3-11(14)10(12(15)4-8)6-16-13(18)5-9(17)7-19-2/h3-4H,5-7H2,1-2H3,(H,16,18). The van der Waals surface area contributed by atoms with Gasteiger partial charge in [0.1, 0.15) is 18.2 Å². The van der Waals surface area contributed by atoms with Gasteiger partial charge in [-0.1, -0.05) is 0 Å². The average molecular weight is 271 g/mol. The maximum absolute atomic E-state index is 13.5. The molecular weight excluding hydrogens is 256 g/mol. The molecule has 1 rings (SSSR count). The fraction of sp³-hybridized carbons (Fsp3) is 0.385. The lowest BCUT2D eigenvalue weighted by Gasteiger charge is -2.08. The number of ketones is 1. The van der Waals surface area contributed by atoms with E-state index in [2.05, 4.69) is 10.1 Å². The van der Waals surface area contributed by atoms with Crippen LogP contribution in [0.15, 0.2) is 12.1 Å². The Balaban J connectivity index is 2.58. The number of Topliss-reactive ketones (excluding diaryl/α,β-unsaturated/α-hetero) is 1. The zero-order valence-electron chi connectivity index (χ0n) is 10.8. The Kier molecular flexibility index (Phi) is 5.57. The molecule has 4 nitrogen and oxygen atoms in total. The quantitative estimate of drug-likeness (QED) is 0.798. The number of ether oxygens (including phenoxy) is 1. The molecule has 0 spiro atoms. The molecule has 1 aromatic carbocycles. The van der Waals surface area contributed by atoms with Crippen LogP contribution in [0.3, 0.4) is 0 Å². The number of methoxy groups -OCH3 is 1. The third kappa shape index (κ3) is 4.75. The first-order valence-electron chi connectivity index (χ1n) is 5.66. The van der Waals surface area contributed by atoms with E-state index < -0.39 is 23.3 Å². The van der Waals surface area contributed by atoms with Crippen molar-refractivity contribution >= 4 is 11.7 Å². The molecule has 0 aliphatic rings. The van der Waals surface area contributed by atoms with E-state index in [1.807, 2.05) is 0 Å². The van der Waals surface area contributed by atoms with Crippen molar-refractivity contribution in [3.8, 4) is 0 Å². The first-order chi connectivity index (χ1) is 8.93. The second kappa shape index (κ2) is 6.94. The molecule has 0 aliphatic heterocycles. The van der Waals surface area contributed by atoms with Gasteiger partial charge in [-0.2, -0.15) is 0 Å². The highest BCUT2D eigenvalue weighted by atomic mass is 19.1. The predicted molar refractivity (Wildman–Crippen MR) is 64.4 cm³/mol. The van der Waals surface area contributed by atoms with Gasteiger partial charge < -0.3 is 10.1 Å². The molecule has 6 heteroatoms. The Hall–Kier alpha value is -1.82. The minimum Gasteiger partial charge on any atom is -0.377 e. The number of hydrogen-bond acceptors (Lipinski definition) is 3. The normalized spacial score (nSPS) is 10.3. The fourth-order valence-corrected chi connectivity index (χ4v) is 1.54. The van der Waals surface area contributed by atoms with Crippen molar-refractivity contribution in [3.63, 3.8) is 0 Å². The number of carbonyl (C=O) groups excluding carboxylic acids is 2. The summed E-state index contributed by atoms with van der Waals surface area (Å²) in [5.74, 6) is -2.44. The van der Waals surface area contributed by atoms with E-state index in [4.69, 9.17) is 0 Å². The van der Waals surface area contributed by atoms with Crippen LogP contribution in [0, 0.1) is 18.6 Å². The van der Waals surface area contributed by atoms with Gasteiger partial charge in [0.05, 0.1) is 6.42 Å². The summed E-state index contributed by atoms with van der Waals surface area (Å²) < 4.78 is 31.5. The molecule has 0 bridgehead atoms. The molecular formula is C13H15F2NO3. The van der Waals surface area contributed by atoms with E-state index in [1.165, 1.54) is 19.2 Å². The topological polar surface area (TPSA) is 55.4 Å². The summed E-state index contributed by atoms with van der Waals surface area (Å²) in [6, 6.07) is 2.36. The van der Waals surface area contributed by atoms with Crippen LogP contribution >= 0.6 is 0 Å². The number of hydrogen-bond donors (Lipinski definition) is 1. The Bertz CT molecular complexity index is 466. The Morgan fingerprint density at radius 2 is 1.84 bits per heavy atom. The number of carbonyl (C=O) groups is 2. The first kappa shape index (κ1) is 15.2. The van der Waals surface area contributed by atoms with Gasteiger partial charge in [0, 0.05) is 19.2 Å². The van der Waals surface area contributed by atoms with Crippen LogP contribution in [-0.4, -0.2) is 25.4 Å². The number of nitrogens with one attached hydrogen (secondary N) is 1. The summed E-state index contributed by atoms with van der Waals surface area (Å²) in [4.78, 5) is 22.5. The molecule has 104 valence electrons. The molecule has 0 aliphatic carbocycles. The lowest BCUT2D eigenvalue weighted by Crippen LogP contribution is -2.27. The van der Waals surface area contributed by atoms with Gasteiger partial charge in [-0.15, -0.1) is 0 Å². The summed E-state index contributed by atoms with van der Waals surface area (Å²) in [5.41, 5.74) is 0.235. The van der Waals surface area contributed by atoms with E-state index in [0.717, 1.165) is 0 Å². The van der Waals surface area contributed by atoms with Crippen molar-refractivity contribution in [3.05, 3.63) is 34.9 Å². The molecule has 0 saturated heterocycles. The van der Waals surface area contributed by atoms with Gasteiger partial charge in [-0.3, -0.25) is 9.59 Å². The summed E-state index contributed by atoms with van der Waals surface area (Å²) >= 11 is 0. The molecule has 0 saturated carbocycles. The van der Waals surface area contributed by atoms with Crippen LogP contribution in [0.25, 0.3) is 0 Å². The van der Waals surface area contributed by atoms with E-state index in [-0.39, 0.29) is 25.1 Å². The highest BCUT2D eigenvalue weighted by Gasteiger charge is 2.13.